The minimum Gasteiger partial charge on any atom is -0.356 e. The summed E-state index contributed by atoms with van der Waals surface area (Å²) in [7, 11) is 0. The van der Waals surface area contributed by atoms with Crippen LogP contribution in [0.4, 0.5) is 0 Å². The van der Waals surface area contributed by atoms with Crippen molar-refractivity contribution in [1.82, 2.24) is 19.7 Å². The summed E-state index contributed by atoms with van der Waals surface area (Å²) >= 11 is 2.20. The molecule has 0 N–H and O–H groups in total. The summed E-state index contributed by atoms with van der Waals surface area (Å²) < 4.78 is 8.51. The minimum absolute atomic E-state index is 0.0202. The topological polar surface area (TPSA) is 52.8 Å². The molecule has 1 saturated heterocycles. The SMILES string of the molecule is Cc1cnc2c(n1)c(I)nn2C1CCCCO1. The zero-order valence-corrected chi connectivity index (χ0v) is 11.7. The molecule has 0 aromatic carbocycles. The van der Waals surface area contributed by atoms with Crippen molar-refractivity contribution in [2.45, 2.75) is 32.4 Å². The van der Waals surface area contributed by atoms with Gasteiger partial charge in [0.25, 0.3) is 0 Å². The zero-order valence-electron chi connectivity index (χ0n) is 9.56. The number of hydrogen-bond donors (Lipinski definition) is 0. The Bertz CT molecular complexity index is 548. The highest BCUT2D eigenvalue weighted by Gasteiger charge is 2.21. The summed E-state index contributed by atoms with van der Waals surface area (Å²) in [6, 6.07) is 0. The van der Waals surface area contributed by atoms with Gasteiger partial charge < -0.3 is 4.74 Å². The Balaban J connectivity index is 2.10. The Kier molecular flexibility index (Phi) is 2.99. The van der Waals surface area contributed by atoms with Crippen LogP contribution < -0.4 is 0 Å². The first-order valence-electron chi connectivity index (χ1n) is 5.74. The fourth-order valence-corrected chi connectivity index (χ4v) is 2.68. The molecule has 0 amide bonds. The highest BCUT2D eigenvalue weighted by molar-refractivity contribution is 14.1. The first-order chi connectivity index (χ1) is 8.25. The van der Waals surface area contributed by atoms with E-state index in [1.807, 2.05) is 11.6 Å². The molecule has 1 fully saturated rings. The van der Waals surface area contributed by atoms with Crippen LogP contribution in [0.25, 0.3) is 11.2 Å². The number of aromatic nitrogens is 4. The molecule has 0 radical (unpaired) electrons. The summed E-state index contributed by atoms with van der Waals surface area (Å²) in [5, 5.41) is 4.51. The molecule has 0 spiro atoms. The normalized spacial score (nSPS) is 20.9. The van der Waals surface area contributed by atoms with Gasteiger partial charge in [0.15, 0.2) is 15.6 Å². The van der Waals surface area contributed by atoms with Crippen LogP contribution in [0.15, 0.2) is 6.20 Å². The van der Waals surface area contributed by atoms with Gasteiger partial charge in [-0.1, -0.05) is 0 Å². The molecule has 3 rings (SSSR count). The van der Waals surface area contributed by atoms with Gasteiger partial charge in [0, 0.05) is 6.61 Å². The Morgan fingerprint density at radius 1 is 1.47 bits per heavy atom. The Hall–Kier alpha value is -0.760. The van der Waals surface area contributed by atoms with Gasteiger partial charge in [0.05, 0.1) is 11.9 Å². The number of nitrogens with zero attached hydrogens (tertiary/aromatic N) is 4. The van der Waals surface area contributed by atoms with Crippen molar-refractivity contribution in [1.29, 1.82) is 0 Å². The molecule has 0 bridgehead atoms. The molecule has 1 aliphatic heterocycles. The highest BCUT2D eigenvalue weighted by atomic mass is 127. The van der Waals surface area contributed by atoms with Gasteiger partial charge in [0.2, 0.25) is 0 Å². The highest BCUT2D eigenvalue weighted by Crippen LogP contribution is 2.26. The van der Waals surface area contributed by atoms with Crippen molar-refractivity contribution >= 4 is 33.8 Å². The zero-order chi connectivity index (χ0) is 11.8. The van der Waals surface area contributed by atoms with E-state index in [0.29, 0.717) is 0 Å². The first kappa shape index (κ1) is 11.3. The molecule has 6 heteroatoms. The van der Waals surface area contributed by atoms with Crippen LogP contribution in [0.3, 0.4) is 0 Å². The predicted molar refractivity (Wildman–Crippen MR) is 71.6 cm³/mol. The van der Waals surface area contributed by atoms with E-state index in [0.717, 1.165) is 40.0 Å². The van der Waals surface area contributed by atoms with Crippen LogP contribution in [-0.4, -0.2) is 26.4 Å². The maximum absolute atomic E-state index is 5.75. The van der Waals surface area contributed by atoms with Crippen LogP contribution in [0, 0.1) is 10.6 Å². The summed E-state index contributed by atoms with van der Waals surface area (Å²) in [5.41, 5.74) is 2.62. The van der Waals surface area contributed by atoms with Crippen molar-refractivity contribution in [2.75, 3.05) is 6.61 Å². The van der Waals surface area contributed by atoms with E-state index < -0.39 is 0 Å². The van der Waals surface area contributed by atoms with Crippen LogP contribution in [-0.2, 0) is 4.74 Å². The maximum Gasteiger partial charge on any atom is 0.180 e. The minimum atomic E-state index is 0.0202. The molecular formula is C11H13IN4O. The lowest BCUT2D eigenvalue weighted by Crippen LogP contribution is -2.19. The largest absolute Gasteiger partial charge is 0.356 e. The maximum atomic E-state index is 5.75. The Morgan fingerprint density at radius 3 is 3.12 bits per heavy atom. The number of halogens is 1. The second-order valence-electron chi connectivity index (χ2n) is 4.24. The van der Waals surface area contributed by atoms with Crippen molar-refractivity contribution in [3.05, 3.63) is 15.6 Å². The number of hydrogen-bond acceptors (Lipinski definition) is 4. The van der Waals surface area contributed by atoms with Crippen molar-refractivity contribution < 1.29 is 4.74 Å². The predicted octanol–water partition coefficient (Wildman–Crippen LogP) is 2.44. The molecule has 1 atom stereocenters. The fourth-order valence-electron chi connectivity index (χ4n) is 2.08. The monoisotopic (exact) mass is 344 g/mol. The standard InChI is InChI=1S/C11H13IN4O/c1-7-6-13-11-9(14-7)10(12)15-16(11)8-4-2-3-5-17-8/h6,8H,2-5H2,1H3. The average molecular weight is 344 g/mol. The van der Waals surface area contributed by atoms with E-state index in [1.165, 1.54) is 6.42 Å². The van der Waals surface area contributed by atoms with E-state index in [4.69, 9.17) is 4.74 Å². The Labute approximate surface area is 113 Å². The first-order valence-corrected chi connectivity index (χ1v) is 6.82. The third-order valence-electron chi connectivity index (χ3n) is 2.91. The van der Waals surface area contributed by atoms with E-state index in [-0.39, 0.29) is 6.23 Å². The summed E-state index contributed by atoms with van der Waals surface area (Å²) in [6.07, 6.45) is 5.12. The third kappa shape index (κ3) is 2.03. The fraction of sp³-hybridized carbons (Fsp3) is 0.545. The van der Waals surface area contributed by atoms with Gasteiger partial charge in [-0.2, -0.15) is 5.10 Å². The van der Waals surface area contributed by atoms with E-state index in [2.05, 4.69) is 37.7 Å². The molecule has 0 aliphatic carbocycles. The molecule has 1 unspecified atom stereocenters. The average Bonchev–Trinajstić information content (AvgIpc) is 2.68. The Morgan fingerprint density at radius 2 is 2.35 bits per heavy atom. The van der Waals surface area contributed by atoms with Crippen LogP contribution in [0.5, 0.6) is 0 Å². The smallest absolute Gasteiger partial charge is 0.180 e. The molecule has 0 saturated carbocycles. The van der Waals surface area contributed by atoms with Crippen LogP contribution >= 0.6 is 22.6 Å². The van der Waals surface area contributed by atoms with Gasteiger partial charge in [0.1, 0.15) is 5.52 Å². The van der Waals surface area contributed by atoms with Crippen LogP contribution in [0.1, 0.15) is 31.2 Å². The van der Waals surface area contributed by atoms with Crippen molar-refractivity contribution in [2.24, 2.45) is 0 Å². The van der Waals surface area contributed by atoms with Crippen molar-refractivity contribution in [3.8, 4) is 0 Å². The molecular weight excluding hydrogens is 331 g/mol. The molecule has 17 heavy (non-hydrogen) atoms. The summed E-state index contributed by atoms with van der Waals surface area (Å²) in [4.78, 5) is 8.91. The van der Waals surface area contributed by atoms with E-state index in [9.17, 15) is 0 Å². The van der Waals surface area contributed by atoms with Crippen molar-refractivity contribution in [3.63, 3.8) is 0 Å². The third-order valence-corrected chi connectivity index (χ3v) is 3.64. The molecule has 5 nitrogen and oxygen atoms in total. The molecule has 2 aromatic heterocycles. The molecule has 3 heterocycles. The van der Waals surface area contributed by atoms with Gasteiger partial charge >= 0.3 is 0 Å². The lowest BCUT2D eigenvalue weighted by molar-refractivity contribution is -0.0372. The number of rotatable bonds is 1. The second kappa shape index (κ2) is 4.49. The van der Waals surface area contributed by atoms with Gasteiger partial charge in [-0.15, -0.1) is 0 Å². The van der Waals surface area contributed by atoms with E-state index >= 15 is 0 Å². The summed E-state index contributed by atoms with van der Waals surface area (Å²) in [5.74, 6) is 0. The number of ether oxygens (including phenoxy) is 1. The lowest BCUT2D eigenvalue weighted by atomic mass is 10.2. The molecule has 2 aromatic rings. The van der Waals surface area contributed by atoms with Gasteiger partial charge in [-0.05, 0) is 48.8 Å². The van der Waals surface area contributed by atoms with Crippen LogP contribution in [0.2, 0.25) is 0 Å². The lowest BCUT2D eigenvalue weighted by Gasteiger charge is -2.22. The second-order valence-corrected chi connectivity index (χ2v) is 5.26. The molecule has 90 valence electrons. The molecule has 1 aliphatic rings. The van der Waals surface area contributed by atoms with E-state index in [1.54, 1.807) is 6.20 Å². The quantitative estimate of drug-likeness (QED) is 0.746. The van der Waals surface area contributed by atoms with Gasteiger partial charge in [-0.3, -0.25) is 0 Å². The number of aryl methyl sites for hydroxylation is 1. The number of fused-ring (bicyclic) bond motifs is 1. The van der Waals surface area contributed by atoms with Gasteiger partial charge in [-0.25, -0.2) is 14.6 Å². The summed E-state index contributed by atoms with van der Waals surface area (Å²) in [6.45, 7) is 2.75.